The van der Waals surface area contributed by atoms with Crippen molar-refractivity contribution >= 4 is 14.5 Å². The molecule has 0 heterocycles. The van der Waals surface area contributed by atoms with E-state index < -0.39 is 14.5 Å². The van der Waals surface area contributed by atoms with Crippen molar-refractivity contribution in [3.63, 3.8) is 0 Å². The topological polar surface area (TPSA) is 72.2 Å². The Bertz CT molecular complexity index is 105. The predicted octanol–water partition coefficient (Wildman–Crippen LogP) is -0.243. The minimum absolute atomic E-state index is 0.271. The number of nitrogens with two attached hydrogens (primary N) is 1. The molecule has 8 heavy (non-hydrogen) atoms. The maximum absolute atomic E-state index is 9.98. The van der Waals surface area contributed by atoms with E-state index in [9.17, 15) is 9.36 Å². The number of nitrogens with one attached hydrogen (secondary N) is 1. The van der Waals surface area contributed by atoms with Crippen molar-refractivity contribution in [2.24, 2.45) is 5.73 Å². The van der Waals surface area contributed by atoms with Gasteiger partial charge in [0.1, 0.15) is 0 Å². The lowest BCUT2D eigenvalue weighted by Gasteiger charge is -2.01. The molecule has 0 aliphatic carbocycles. The first-order valence-electron chi connectivity index (χ1n) is 2.18. The van der Waals surface area contributed by atoms with Crippen molar-refractivity contribution in [1.82, 2.24) is 5.32 Å². The van der Waals surface area contributed by atoms with Gasteiger partial charge in [0.25, 0.3) is 0 Å². The summed E-state index contributed by atoms with van der Waals surface area (Å²) in [7, 11) is -0.952. The van der Waals surface area contributed by atoms with E-state index in [1.54, 1.807) is 6.92 Å². The lowest BCUT2D eigenvalue weighted by Crippen LogP contribution is -2.33. The zero-order chi connectivity index (χ0) is 6.57. The zero-order valence-corrected chi connectivity index (χ0v) is 5.70. The summed E-state index contributed by atoms with van der Waals surface area (Å²) in [6.45, 7) is 1.63. The largest absolute Gasteiger partial charge is 0.352 e. The molecule has 2 unspecified atom stereocenters. The molecule has 0 aliphatic rings. The first-order valence-corrected chi connectivity index (χ1v) is 3.32. The van der Waals surface area contributed by atoms with Crippen LogP contribution in [0.5, 0.6) is 0 Å². The molecule has 0 aromatic rings. The highest BCUT2D eigenvalue weighted by molar-refractivity contribution is 7.24. The van der Waals surface area contributed by atoms with Gasteiger partial charge >= 0.3 is 6.03 Å². The highest BCUT2D eigenvalue weighted by atomic mass is 31.1. The van der Waals surface area contributed by atoms with Crippen molar-refractivity contribution in [2.75, 3.05) is 0 Å². The fraction of sp³-hybridized carbons (Fsp3) is 0.667. The molecular weight excluding hydrogens is 127 g/mol. The van der Waals surface area contributed by atoms with Gasteiger partial charge in [-0.05, 0) is 6.92 Å². The van der Waals surface area contributed by atoms with E-state index in [0.717, 1.165) is 0 Å². The Morgan fingerprint density at radius 2 is 2.38 bits per heavy atom. The summed E-state index contributed by atoms with van der Waals surface area (Å²) >= 11 is 0. The van der Waals surface area contributed by atoms with Gasteiger partial charge in [-0.1, -0.05) is 0 Å². The standard InChI is InChI=1S/C3H9N2O2P/c1-2(8-7)5-3(4)6/h2H,8H2,1H3,(H3,4,5,6). The van der Waals surface area contributed by atoms with Gasteiger partial charge in [-0.25, -0.2) is 4.79 Å². The van der Waals surface area contributed by atoms with Gasteiger partial charge in [-0.15, -0.1) is 0 Å². The minimum atomic E-state index is -0.952. The van der Waals surface area contributed by atoms with Crippen molar-refractivity contribution in [3.8, 4) is 0 Å². The first kappa shape index (κ1) is 7.50. The molecule has 48 valence electrons. The van der Waals surface area contributed by atoms with E-state index in [1.807, 2.05) is 0 Å². The predicted molar refractivity (Wildman–Crippen MR) is 32.6 cm³/mol. The molecule has 2 amide bonds. The Hall–Kier alpha value is -0.500. The van der Waals surface area contributed by atoms with Gasteiger partial charge in [0.2, 0.25) is 0 Å². The molecule has 2 atom stereocenters. The highest BCUT2D eigenvalue weighted by Crippen LogP contribution is 1.98. The van der Waals surface area contributed by atoms with Crippen LogP contribution in [0.3, 0.4) is 0 Å². The van der Waals surface area contributed by atoms with Crippen LogP contribution in [-0.2, 0) is 4.57 Å². The first-order chi connectivity index (χ1) is 3.66. The molecule has 0 bridgehead atoms. The van der Waals surface area contributed by atoms with Crippen LogP contribution in [0.15, 0.2) is 0 Å². The fourth-order valence-corrected chi connectivity index (χ4v) is 0.491. The molecular formula is C3H9N2O2P. The molecule has 0 aromatic carbocycles. The van der Waals surface area contributed by atoms with Crippen LogP contribution in [0.2, 0.25) is 0 Å². The lowest BCUT2D eigenvalue weighted by molar-refractivity contribution is 0.248. The van der Waals surface area contributed by atoms with Gasteiger partial charge in [-0.3, -0.25) is 0 Å². The molecule has 0 rings (SSSR count). The second-order valence-electron chi connectivity index (χ2n) is 1.43. The van der Waals surface area contributed by atoms with Gasteiger partial charge in [0.05, 0.1) is 14.2 Å². The second kappa shape index (κ2) is 3.50. The Balaban J connectivity index is 3.38. The zero-order valence-electron chi connectivity index (χ0n) is 4.55. The number of carbonyl (C=O) groups excluding carboxylic acids is 1. The second-order valence-corrected chi connectivity index (χ2v) is 2.71. The Labute approximate surface area is 48.6 Å². The monoisotopic (exact) mass is 136 g/mol. The third kappa shape index (κ3) is 3.68. The molecule has 3 N–H and O–H groups in total. The van der Waals surface area contributed by atoms with E-state index in [1.165, 1.54) is 0 Å². The summed E-state index contributed by atoms with van der Waals surface area (Å²) in [6.07, 6.45) is 0. The summed E-state index contributed by atoms with van der Waals surface area (Å²) in [5, 5.41) is 2.26. The van der Waals surface area contributed by atoms with Crippen LogP contribution >= 0.6 is 8.46 Å². The van der Waals surface area contributed by atoms with E-state index in [4.69, 9.17) is 5.73 Å². The molecule has 0 aromatic heterocycles. The summed E-state index contributed by atoms with van der Waals surface area (Å²) in [5.74, 6) is -0.271. The van der Waals surface area contributed by atoms with Crippen LogP contribution in [-0.4, -0.2) is 11.8 Å². The molecule has 0 spiro atoms. The SMILES string of the molecule is CC(NC(N)=O)[PH2]=O. The van der Waals surface area contributed by atoms with E-state index >= 15 is 0 Å². The van der Waals surface area contributed by atoms with Crippen LogP contribution in [0, 0.1) is 0 Å². The number of urea groups is 1. The van der Waals surface area contributed by atoms with E-state index in [2.05, 4.69) is 5.32 Å². The smallest absolute Gasteiger partial charge is 0.312 e. The molecule has 0 aliphatic heterocycles. The van der Waals surface area contributed by atoms with Gasteiger partial charge < -0.3 is 15.6 Å². The molecule has 0 saturated heterocycles. The number of hydrogen-bond donors (Lipinski definition) is 2. The quantitative estimate of drug-likeness (QED) is 0.514. The number of rotatable bonds is 2. The molecule has 4 nitrogen and oxygen atoms in total. The summed E-state index contributed by atoms with van der Waals surface area (Å²) in [4.78, 5) is 9.95. The average molecular weight is 136 g/mol. The number of amides is 2. The molecule has 5 heteroatoms. The summed E-state index contributed by atoms with van der Waals surface area (Å²) in [5.41, 5.74) is 4.69. The summed E-state index contributed by atoms with van der Waals surface area (Å²) in [6, 6.07) is -0.624. The maximum atomic E-state index is 9.98. The third-order valence-electron chi connectivity index (χ3n) is 0.574. The minimum Gasteiger partial charge on any atom is -0.352 e. The van der Waals surface area contributed by atoms with Gasteiger partial charge in [-0.2, -0.15) is 0 Å². The van der Waals surface area contributed by atoms with E-state index in [0.29, 0.717) is 0 Å². The molecule has 0 saturated carbocycles. The van der Waals surface area contributed by atoms with Crippen LogP contribution in [0.1, 0.15) is 6.92 Å². The lowest BCUT2D eigenvalue weighted by atomic mass is 10.7. The van der Waals surface area contributed by atoms with Crippen molar-refractivity contribution in [3.05, 3.63) is 0 Å². The van der Waals surface area contributed by atoms with Gasteiger partial charge in [0.15, 0.2) is 0 Å². The van der Waals surface area contributed by atoms with Crippen molar-refractivity contribution < 1.29 is 9.36 Å². The number of carbonyl (C=O) groups is 1. The molecule has 0 radical (unpaired) electrons. The normalized spacial score (nSPS) is 14.1. The van der Waals surface area contributed by atoms with Crippen molar-refractivity contribution in [2.45, 2.75) is 12.7 Å². The van der Waals surface area contributed by atoms with Gasteiger partial charge in [0, 0.05) is 0 Å². The fourth-order valence-electron chi connectivity index (χ4n) is 0.258. The Morgan fingerprint density at radius 3 is 2.50 bits per heavy atom. The Kier molecular flexibility index (Phi) is 3.28. The maximum Gasteiger partial charge on any atom is 0.312 e. The average Bonchev–Trinajstić information content (AvgIpc) is 1.65. The van der Waals surface area contributed by atoms with Crippen LogP contribution < -0.4 is 11.1 Å². The van der Waals surface area contributed by atoms with Crippen LogP contribution in [0.4, 0.5) is 4.79 Å². The third-order valence-corrected chi connectivity index (χ3v) is 1.15. The number of primary amides is 1. The van der Waals surface area contributed by atoms with E-state index in [-0.39, 0.29) is 5.78 Å². The number of hydrogen-bond acceptors (Lipinski definition) is 2. The van der Waals surface area contributed by atoms with Crippen LogP contribution in [0.25, 0.3) is 0 Å². The Morgan fingerprint density at radius 1 is 1.88 bits per heavy atom. The highest BCUT2D eigenvalue weighted by Gasteiger charge is 1.96. The molecule has 0 fully saturated rings. The van der Waals surface area contributed by atoms with Crippen molar-refractivity contribution in [1.29, 1.82) is 0 Å². The summed E-state index contributed by atoms with van der Waals surface area (Å²) < 4.78 is 9.98.